The molecule has 9 heteroatoms. The second-order valence-electron chi connectivity index (χ2n) is 6.68. The Morgan fingerprint density at radius 3 is 2.93 bits per heavy atom. The molecule has 5 rings (SSSR count). The Hall–Kier alpha value is -3.75. The van der Waals surface area contributed by atoms with Crippen LogP contribution >= 0.6 is 0 Å². The molecule has 1 aliphatic carbocycles. The molecular formula is C20H17N4O5+. The first-order valence-corrected chi connectivity index (χ1v) is 9.23. The molecule has 0 saturated heterocycles. The molecule has 3 amide bonds. The predicted octanol–water partition coefficient (Wildman–Crippen LogP) is 2.14. The van der Waals surface area contributed by atoms with Crippen LogP contribution < -0.4 is 9.47 Å². The third-order valence-electron chi connectivity index (χ3n) is 5.01. The van der Waals surface area contributed by atoms with Crippen LogP contribution in [0, 0.1) is 5.92 Å². The van der Waals surface area contributed by atoms with Gasteiger partial charge in [-0.15, -0.1) is 0 Å². The van der Waals surface area contributed by atoms with Gasteiger partial charge in [-0.05, 0) is 31.2 Å². The summed E-state index contributed by atoms with van der Waals surface area (Å²) in [5, 5.41) is 4.02. The van der Waals surface area contributed by atoms with Crippen molar-refractivity contribution in [3.8, 4) is 22.9 Å². The zero-order valence-corrected chi connectivity index (χ0v) is 15.6. The lowest BCUT2D eigenvalue weighted by Gasteiger charge is -2.25. The fraction of sp³-hybridized carbons (Fsp3) is 0.250. The lowest BCUT2D eigenvalue weighted by Crippen LogP contribution is -2.53. The number of allylic oxidation sites excluding steroid dienone is 3. The molecule has 1 unspecified atom stereocenters. The van der Waals surface area contributed by atoms with E-state index in [0.29, 0.717) is 35.1 Å². The van der Waals surface area contributed by atoms with Crippen LogP contribution in [0.3, 0.4) is 0 Å². The summed E-state index contributed by atoms with van der Waals surface area (Å²) in [6.07, 6.45) is 7.15. The number of rotatable bonds is 4. The Labute approximate surface area is 165 Å². The summed E-state index contributed by atoms with van der Waals surface area (Å²) in [4.78, 5) is 31.1. The molecule has 1 atom stereocenters. The third-order valence-corrected chi connectivity index (χ3v) is 5.01. The van der Waals surface area contributed by atoms with Crippen LogP contribution in [0.15, 0.2) is 47.0 Å². The average Bonchev–Trinajstić information content (AvgIpc) is 3.40. The molecule has 3 heterocycles. The van der Waals surface area contributed by atoms with Crippen LogP contribution in [0.2, 0.25) is 0 Å². The molecule has 0 saturated carbocycles. The van der Waals surface area contributed by atoms with Crippen molar-refractivity contribution in [2.24, 2.45) is 5.92 Å². The SMILES string of the molecule is CCN1C(=O)C2C=CC=CC2=[N+](Cc2nc(-c3ccc4c(c3)OCO4)no2)C1=O. The molecule has 0 bridgehead atoms. The number of urea groups is 1. The van der Waals surface area contributed by atoms with E-state index in [9.17, 15) is 9.59 Å². The van der Waals surface area contributed by atoms with Crippen molar-refractivity contribution in [2.75, 3.05) is 13.3 Å². The van der Waals surface area contributed by atoms with Crippen LogP contribution in [0.5, 0.6) is 11.5 Å². The predicted molar refractivity (Wildman–Crippen MR) is 99.4 cm³/mol. The van der Waals surface area contributed by atoms with Crippen molar-refractivity contribution in [1.29, 1.82) is 0 Å². The minimum atomic E-state index is -0.492. The van der Waals surface area contributed by atoms with Gasteiger partial charge in [0.25, 0.3) is 5.89 Å². The molecule has 1 aromatic heterocycles. The highest BCUT2D eigenvalue weighted by Gasteiger charge is 2.46. The highest BCUT2D eigenvalue weighted by atomic mass is 16.7. The number of carbonyl (C=O) groups is 2. The van der Waals surface area contributed by atoms with E-state index < -0.39 is 11.9 Å². The highest BCUT2D eigenvalue weighted by molar-refractivity contribution is 6.16. The summed E-state index contributed by atoms with van der Waals surface area (Å²) >= 11 is 0. The first-order valence-electron chi connectivity index (χ1n) is 9.23. The molecule has 0 radical (unpaired) electrons. The van der Waals surface area contributed by atoms with Crippen LogP contribution in [0.1, 0.15) is 12.8 Å². The largest absolute Gasteiger partial charge is 0.501 e. The number of benzene rings is 1. The lowest BCUT2D eigenvalue weighted by molar-refractivity contribution is -0.460. The molecule has 9 nitrogen and oxygen atoms in total. The summed E-state index contributed by atoms with van der Waals surface area (Å²) in [7, 11) is 0. The number of nitrogens with zero attached hydrogens (tertiary/aromatic N) is 4. The smallest absolute Gasteiger partial charge is 0.454 e. The van der Waals surface area contributed by atoms with E-state index in [4.69, 9.17) is 14.0 Å². The summed E-state index contributed by atoms with van der Waals surface area (Å²) in [6, 6.07) is 4.98. The van der Waals surface area contributed by atoms with E-state index in [1.165, 1.54) is 9.48 Å². The van der Waals surface area contributed by atoms with Crippen molar-refractivity contribution in [3.63, 3.8) is 0 Å². The Morgan fingerprint density at radius 1 is 1.21 bits per heavy atom. The van der Waals surface area contributed by atoms with E-state index in [1.54, 1.807) is 43.4 Å². The van der Waals surface area contributed by atoms with Gasteiger partial charge in [0.05, 0.1) is 6.54 Å². The van der Waals surface area contributed by atoms with Crippen molar-refractivity contribution < 1.29 is 28.2 Å². The number of fused-ring (bicyclic) bond motifs is 2. The minimum absolute atomic E-state index is 0.0736. The molecule has 0 spiro atoms. The second kappa shape index (κ2) is 6.69. The Balaban J connectivity index is 1.47. The summed E-state index contributed by atoms with van der Waals surface area (Å²) in [6.45, 7) is 2.32. The van der Waals surface area contributed by atoms with E-state index in [2.05, 4.69) is 10.1 Å². The number of imide groups is 1. The van der Waals surface area contributed by atoms with E-state index >= 15 is 0 Å². The Bertz CT molecular complexity index is 1110. The van der Waals surface area contributed by atoms with Crippen molar-refractivity contribution in [3.05, 3.63) is 48.4 Å². The minimum Gasteiger partial charge on any atom is -0.454 e. The fourth-order valence-electron chi connectivity index (χ4n) is 3.57. The van der Waals surface area contributed by atoms with Gasteiger partial charge in [0.1, 0.15) is 11.6 Å². The average molecular weight is 393 g/mol. The van der Waals surface area contributed by atoms with Crippen LogP contribution in [0.4, 0.5) is 4.79 Å². The topological polar surface area (TPSA) is 97.8 Å². The quantitative estimate of drug-likeness (QED) is 0.734. The maximum atomic E-state index is 12.9. The van der Waals surface area contributed by atoms with Crippen LogP contribution in [-0.2, 0) is 11.3 Å². The molecule has 1 aromatic carbocycles. The van der Waals surface area contributed by atoms with Gasteiger partial charge in [-0.2, -0.15) is 19.3 Å². The van der Waals surface area contributed by atoms with Gasteiger partial charge < -0.3 is 14.0 Å². The monoisotopic (exact) mass is 393 g/mol. The number of aromatic nitrogens is 2. The van der Waals surface area contributed by atoms with Gasteiger partial charge in [0.15, 0.2) is 18.0 Å². The van der Waals surface area contributed by atoms with Gasteiger partial charge in [-0.3, -0.25) is 0 Å². The van der Waals surface area contributed by atoms with Gasteiger partial charge in [-0.25, -0.2) is 4.79 Å². The van der Waals surface area contributed by atoms with Crippen molar-refractivity contribution in [2.45, 2.75) is 13.5 Å². The molecule has 0 N–H and O–H groups in total. The van der Waals surface area contributed by atoms with Gasteiger partial charge in [-0.1, -0.05) is 23.4 Å². The number of hydrogen-bond acceptors (Lipinski definition) is 7. The number of hydrogen-bond donors (Lipinski definition) is 0. The van der Waals surface area contributed by atoms with Crippen LogP contribution in [-0.4, -0.2) is 50.6 Å². The highest BCUT2D eigenvalue weighted by Crippen LogP contribution is 2.35. The first-order chi connectivity index (χ1) is 14.2. The standard InChI is InChI=1S/C20H17N4O5/c1-2-23-19(25)13-5-3-4-6-14(13)24(20(23)26)10-17-21-18(22-29-17)12-7-8-15-16(9-12)28-11-27-15/h3-9,13H,2,10-11H2,1H3/q+1. The maximum Gasteiger partial charge on any atom is 0.501 e. The Kier molecular flexibility index (Phi) is 4.01. The number of ether oxygens (including phenoxy) is 2. The van der Waals surface area contributed by atoms with Gasteiger partial charge in [0, 0.05) is 5.56 Å². The lowest BCUT2D eigenvalue weighted by atomic mass is 9.94. The number of carbonyl (C=O) groups excluding carboxylic acids is 2. The number of amides is 3. The molecule has 146 valence electrons. The van der Waals surface area contributed by atoms with Gasteiger partial charge >= 0.3 is 11.9 Å². The van der Waals surface area contributed by atoms with E-state index in [0.717, 1.165) is 0 Å². The van der Waals surface area contributed by atoms with E-state index in [-0.39, 0.29) is 25.1 Å². The Morgan fingerprint density at radius 2 is 2.07 bits per heavy atom. The van der Waals surface area contributed by atoms with Gasteiger partial charge in [0.2, 0.25) is 12.6 Å². The van der Waals surface area contributed by atoms with Crippen molar-refractivity contribution >= 4 is 17.6 Å². The zero-order chi connectivity index (χ0) is 20.0. The second-order valence-corrected chi connectivity index (χ2v) is 6.68. The normalized spacial score (nSPS) is 19.9. The fourth-order valence-corrected chi connectivity index (χ4v) is 3.57. The van der Waals surface area contributed by atoms with Crippen molar-refractivity contribution in [1.82, 2.24) is 15.0 Å². The van der Waals surface area contributed by atoms with Crippen LogP contribution in [0.25, 0.3) is 11.4 Å². The first kappa shape index (κ1) is 17.4. The summed E-state index contributed by atoms with van der Waals surface area (Å²) < 4.78 is 17.6. The maximum absolute atomic E-state index is 12.9. The zero-order valence-electron chi connectivity index (χ0n) is 15.6. The molecule has 2 aromatic rings. The molecule has 3 aliphatic rings. The molecule has 2 aliphatic heterocycles. The summed E-state index contributed by atoms with van der Waals surface area (Å²) in [5.41, 5.74) is 1.32. The molecule has 0 fully saturated rings. The molecular weight excluding hydrogens is 376 g/mol. The third kappa shape index (κ3) is 2.82. The van der Waals surface area contributed by atoms with E-state index in [1.807, 2.05) is 6.07 Å². The molecule has 29 heavy (non-hydrogen) atoms. The summed E-state index contributed by atoms with van der Waals surface area (Å²) in [5.74, 6) is 1.22.